The van der Waals surface area contributed by atoms with Crippen LogP contribution in [-0.4, -0.2) is 29.8 Å². The van der Waals surface area contributed by atoms with Crippen LogP contribution >= 0.6 is 0 Å². The van der Waals surface area contributed by atoms with E-state index in [1.807, 2.05) is 13.8 Å². The lowest BCUT2D eigenvalue weighted by atomic mass is 10.1. The van der Waals surface area contributed by atoms with E-state index in [1.165, 1.54) is 0 Å². The molecule has 78 valence electrons. The van der Waals surface area contributed by atoms with Gasteiger partial charge < -0.3 is 21.9 Å². The second kappa shape index (κ2) is 5.90. The highest BCUT2D eigenvalue weighted by Gasteiger charge is 2.09. The molecule has 0 aliphatic carbocycles. The highest BCUT2D eigenvalue weighted by molar-refractivity contribution is 5.80. The van der Waals surface area contributed by atoms with Gasteiger partial charge in [-0.05, 0) is 6.42 Å². The molecule has 0 saturated heterocycles. The minimum absolute atomic E-state index is 0.194. The molecule has 0 spiro atoms. The first kappa shape index (κ1) is 12.3. The summed E-state index contributed by atoms with van der Waals surface area (Å²) < 4.78 is 0. The molecule has 2 atom stereocenters. The van der Waals surface area contributed by atoms with Crippen molar-refractivity contribution in [3.8, 4) is 0 Å². The van der Waals surface area contributed by atoms with Gasteiger partial charge in [-0.25, -0.2) is 0 Å². The summed E-state index contributed by atoms with van der Waals surface area (Å²) in [6.45, 7) is 4.45. The zero-order valence-corrected chi connectivity index (χ0v) is 8.25. The molecule has 0 amide bonds. The minimum Gasteiger partial charge on any atom is -0.377 e. The lowest BCUT2D eigenvalue weighted by molar-refractivity contribution is 0.147. The van der Waals surface area contributed by atoms with Crippen LogP contribution in [0.2, 0.25) is 0 Å². The van der Waals surface area contributed by atoms with Crippen molar-refractivity contribution in [2.45, 2.75) is 32.5 Å². The molecule has 0 radical (unpaired) electrons. The smallest absolute Gasteiger partial charge is 0.117 e. The average molecular weight is 188 g/mol. The van der Waals surface area contributed by atoms with Gasteiger partial charge in [0.2, 0.25) is 0 Å². The molecule has 0 fully saturated rings. The molecule has 0 aromatic carbocycles. The second-order valence-corrected chi connectivity index (χ2v) is 3.44. The maximum atomic E-state index is 8.87. The summed E-state index contributed by atoms with van der Waals surface area (Å²) in [5.74, 6) is 0.678. The van der Waals surface area contributed by atoms with Crippen molar-refractivity contribution in [1.29, 1.82) is 5.41 Å². The molecule has 2 unspecified atom stereocenters. The third-order valence-electron chi connectivity index (χ3n) is 1.81. The maximum absolute atomic E-state index is 8.87. The fourth-order valence-corrected chi connectivity index (χ4v) is 0.748. The molecular formula is C8H20N4O. The van der Waals surface area contributed by atoms with Crippen LogP contribution in [0.25, 0.3) is 0 Å². The molecule has 0 heterocycles. The first-order chi connectivity index (χ1) is 5.95. The Morgan fingerprint density at radius 2 is 2.00 bits per heavy atom. The highest BCUT2D eigenvalue weighted by Crippen LogP contribution is 1.93. The van der Waals surface area contributed by atoms with Crippen LogP contribution in [0.5, 0.6) is 0 Å². The first-order valence-electron chi connectivity index (χ1n) is 4.46. The summed E-state index contributed by atoms with van der Waals surface area (Å²) >= 11 is 0. The number of hydrogen-bond acceptors (Lipinski definition) is 4. The van der Waals surface area contributed by atoms with Crippen molar-refractivity contribution in [1.82, 2.24) is 5.32 Å². The van der Waals surface area contributed by atoms with Crippen LogP contribution in [0.4, 0.5) is 0 Å². The van der Waals surface area contributed by atoms with E-state index in [-0.39, 0.29) is 5.92 Å². The second-order valence-electron chi connectivity index (χ2n) is 3.44. The molecule has 13 heavy (non-hydrogen) atoms. The van der Waals surface area contributed by atoms with E-state index in [0.717, 1.165) is 0 Å². The molecule has 0 aliphatic rings. The van der Waals surface area contributed by atoms with Crippen molar-refractivity contribution in [2.24, 2.45) is 17.4 Å². The quantitative estimate of drug-likeness (QED) is 0.221. The van der Waals surface area contributed by atoms with Gasteiger partial charge in [0.1, 0.15) is 6.23 Å². The van der Waals surface area contributed by atoms with Gasteiger partial charge in [0.25, 0.3) is 0 Å². The summed E-state index contributed by atoms with van der Waals surface area (Å²) in [6, 6.07) is -0.424. The van der Waals surface area contributed by atoms with Gasteiger partial charge >= 0.3 is 0 Å². The number of rotatable bonds is 5. The Kier molecular flexibility index (Phi) is 5.61. The number of nitrogens with two attached hydrogens (primary N) is 2. The number of hydrogen-bond donors (Lipinski definition) is 5. The molecule has 0 aromatic heterocycles. The standard InChI is InChI=1S/C8H20N4O/c1-5(2)7(10)12-4-3-6(9)8(11)13/h5-6,8,13H,3-4,9,11H2,1-2H3,(H2,10,12). The lowest BCUT2D eigenvalue weighted by Gasteiger charge is -2.16. The number of amidine groups is 1. The van der Waals surface area contributed by atoms with E-state index >= 15 is 0 Å². The van der Waals surface area contributed by atoms with Gasteiger partial charge in [-0.2, -0.15) is 0 Å². The van der Waals surface area contributed by atoms with Crippen LogP contribution in [0.3, 0.4) is 0 Å². The van der Waals surface area contributed by atoms with Crippen LogP contribution in [0.1, 0.15) is 20.3 Å². The predicted molar refractivity (Wildman–Crippen MR) is 53.4 cm³/mol. The van der Waals surface area contributed by atoms with Crippen molar-refractivity contribution < 1.29 is 5.11 Å². The van der Waals surface area contributed by atoms with E-state index < -0.39 is 12.3 Å². The summed E-state index contributed by atoms with van der Waals surface area (Å²) in [5.41, 5.74) is 10.7. The van der Waals surface area contributed by atoms with E-state index in [1.54, 1.807) is 0 Å². The van der Waals surface area contributed by atoms with E-state index in [9.17, 15) is 0 Å². The number of aliphatic hydroxyl groups is 1. The SMILES string of the molecule is CC(C)C(=N)NCCC(N)C(N)O. The first-order valence-corrected chi connectivity index (χ1v) is 4.46. The van der Waals surface area contributed by atoms with Gasteiger partial charge in [0.05, 0.1) is 5.84 Å². The number of nitrogens with one attached hydrogen (secondary N) is 2. The normalized spacial score (nSPS) is 15.5. The van der Waals surface area contributed by atoms with Crippen LogP contribution < -0.4 is 16.8 Å². The zero-order valence-electron chi connectivity index (χ0n) is 8.25. The Morgan fingerprint density at radius 3 is 2.38 bits per heavy atom. The third kappa shape index (κ3) is 5.57. The van der Waals surface area contributed by atoms with Gasteiger partial charge in [-0.15, -0.1) is 0 Å². The maximum Gasteiger partial charge on any atom is 0.117 e. The fourth-order valence-electron chi connectivity index (χ4n) is 0.748. The average Bonchev–Trinajstić information content (AvgIpc) is 2.03. The predicted octanol–water partition coefficient (Wildman–Crippen LogP) is -0.796. The molecule has 0 rings (SSSR count). The molecule has 5 nitrogen and oxygen atoms in total. The Bertz CT molecular complexity index is 158. The molecule has 0 saturated carbocycles. The Balaban J connectivity index is 3.51. The van der Waals surface area contributed by atoms with E-state index in [4.69, 9.17) is 22.0 Å². The summed E-state index contributed by atoms with van der Waals surface area (Å²) in [4.78, 5) is 0. The Morgan fingerprint density at radius 1 is 1.46 bits per heavy atom. The fraction of sp³-hybridized carbons (Fsp3) is 0.875. The van der Waals surface area contributed by atoms with Gasteiger partial charge in [-0.3, -0.25) is 5.41 Å². The largest absolute Gasteiger partial charge is 0.377 e. The molecule has 7 N–H and O–H groups in total. The van der Waals surface area contributed by atoms with Crippen molar-refractivity contribution in [3.05, 3.63) is 0 Å². The summed E-state index contributed by atoms with van der Waals surface area (Å²) in [5, 5.41) is 19.2. The molecule has 0 bridgehead atoms. The van der Waals surface area contributed by atoms with Crippen molar-refractivity contribution in [3.63, 3.8) is 0 Å². The van der Waals surface area contributed by atoms with Gasteiger partial charge in [-0.1, -0.05) is 13.8 Å². The summed E-state index contributed by atoms with van der Waals surface area (Å²) in [7, 11) is 0. The van der Waals surface area contributed by atoms with Crippen LogP contribution in [-0.2, 0) is 0 Å². The lowest BCUT2D eigenvalue weighted by Crippen LogP contribution is -2.43. The third-order valence-corrected chi connectivity index (χ3v) is 1.81. The molecule has 5 heteroatoms. The van der Waals surface area contributed by atoms with E-state index in [2.05, 4.69) is 5.32 Å². The monoisotopic (exact) mass is 188 g/mol. The van der Waals surface area contributed by atoms with Gasteiger partial charge in [0, 0.05) is 18.5 Å². The molecule has 0 aromatic rings. The van der Waals surface area contributed by atoms with Crippen molar-refractivity contribution >= 4 is 5.84 Å². The Hall–Kier alpha value is -0.650. The Labute approximate surface area is 79.0 Å². The van der Waals surface area contributed by atoms with E-state index in [0.29, 0.717) is 18.8 Å². The van der Waals surface area contributed by atoms with Gasteiger partial charge in [0.15, 0.2) is 0 Å². The minimum atomic E-state index is -0.977. The molecular weight excluding hydrogens is 168 g/mol. The van der Waals surface area contributed by atoms with Crippen molar-refractivity contribution in [2.75, 3.05) is 6.54 Å². The topological polar surface area (TPSA) is 108 Å². The van der Waals surface area contributed by atoms with Crippen LogP contribution in [0.15, 0.2) is 0 Å². The van der Waals surface area contributed by atoms with Crippen LogP contribution in [0, 0.1) is 11.3 Å². The number of aliphatic hydroxyl groups excluding tert-OH is 1. The molecule has 0 aliphatic heterocycles. The summed E-state index contributed by atoms with van der Waals surface area (Å²) in [6.07, 6.45) is -0.415. The highest BCUT2D eigenvalue weighted by atomic mass is 16.3. The zero-order chi connectivity index (χ0) is 10.4.